The molecule has 0 radical (unpaired) electrons. The van der Waals surface area contributed by atoms with Gasteiger partial charge in [0.1, 0.15) is 0 Å². The van der Waals surface area contributed by atoms with Crippen molar-refractivity contribution in [2.24, 2.45) is 11.5 Å². The van der Waals surface area contributed by atoms with Gasteiger partial charge in [0.25, 0.3) is 0 Å². The Morgan fingerprint density at radius 1 is 1.00 bits per heavy atom. The van der Waals surface area contributed by atoms with Crippen LogP contribution in [0.5, 0.6) is 0 Å². The molecule has 0 spiro atoms. The molecule has 0 unspecified atom stereocenters. The molecular weight excluding hydrogens is 160 g/mol. The lowest BCUT2D eigenvalue weighted by Gasteiger charge is -1.88. The normalized spacial score (nSPS) is 7.50. The molecule has 6 N–H and O–H groups in total. The molecule has 0 bridgehead atoms. The minimum absolute atomic E-state index is 0.461. The van der Waals surface area contributed by atoms with Crippen molar-refractivity contribution in [2.45, 2.75) is 13.8 Å². The maximum atomic E-state index is 9.71. The summed E-state index contributed by atoms with van der Waals surface area (Å²) in [5.74, 6) is 0. The molecule has 0 aromatic heterocycles. The van der Waals surface area contributed by atoms with E-state index >= 15 is 0 Å². The smallest absolute Gasteiger partial charge is 0.312 e. The Morgan fingerprint density at radius 2 is 1.25 bits per heavy atom. The first-order valence-corrected chi connectivity index (χ1v) is 3.61. The Kier molecular flexibility index (Phi) is 10.5. The largest absolute Gasteiger partial charge is 0.352 e. The van der Waals surface area contributed by atoms with Gasteiger partial charge in [0.05, 0.1) is 0 Å². The molecule has 0 aliphatic heterocycles. The standard InChI is InChI=1S/2C3H8N2O/c2*1-2-5-3(4)6/h2*2H2,1H3,(H3,4,5,6). The van der Waals surface area contributed by atoms with Gasteiger partial charge in [-0.2, -0.15) is 0 Å². The van der Waals surface area contributed by atoms with E-state index in [2.05, 4.69) is 22.1 Å². The van der Waals surface area contributed by atoms with Crippen LogP contribution in [0.15, 0.2) is 0 Å². The second-order valence-corrected chi connectivity index (χ2v) is 1.79. The fraction of sp³-hybridized carbons (Fsp3) is 0.667. The Morgan fingerprint density at radius 3 is 1.25 bits per heavy atom. The van der Waals surface area contributed by atoms with Crippen molar-refractivity contribution in [3.63, 3.8) is 0 Å². The molecule has 0 aromatic carbocycles. The summed E-state index contributed by atoms with van der Waals surface area (Å²) in [6, 6.07) is -0.921. The lowest BCUT2D eigenvalue weighted by atomic mass is 10.7. The van der Waals surface area contributed by atoms with E-state index in [1.54, 1.807) is 0 Å². The van der Waals surface area contributed by atoms with Gasteiger partial charge in [-0.05, 0) is 13.8 Å². The highest BCUT2D eigenvalue weighted by atomic mass is 16.2. The van der Waals surface area contributed by atoms with Crippen molar-refractivity contribution < 1.29 is 9.59 Å². The van der Waals surface area contributed by atoms with Crippen LogP contribution in [0.4, 0.5) is 9.59 Å². The molecule has 0 heterocycles. The van der Waals surface area contributed by atoms with E-state index in [1.807, 2.05) is 13.8 Å². The molecule has 0 saturated carbocycles. The van der Waals surface area contributed by atoms with E-state index in [0.29, 0.717) is 13.1 Å². The molecule has 4 amide bonds. The molecule has 0 atom stereocenters. The first-order chi connectivity index (χ1) is 5.54. The highest BCUT2D eigenvalue weighted by Crippen LogP contribution is 1.50. The molecule has 72 valence electrons. The topological polar surface area (TPSA) is 110 Å². The third kappa shape index (κ3) is 23.6. The highest BCUT2D eigenvalue weighted by molar-refractivity contribution is 5.71. The van der Waals surface area contributed by atoms with Gasteiger partial charge in [-0.15, -0.1) is 0 Å². The maximum Gasteiger partial charge on any atom is 0.312 e. The number of amides is 4. The number of nitrogens with two attached hydrogens (primary N) is 2. The van der Waals surface area contributed by atoms with Crippen molar-refractivity contribution >= 4 is 12.1 Å². The Hall–Kier alpha value is -1.46. The average molecular weight is 176 g/mol. The first kappa shape index (κ1) is 13.2. The Labute approximate surface area is 71.7 Å². The van der Waals surface area contributed by atoms with Gasteiger partial charge in [-0.25, -0.2) is 9.59 Å². The third-order valence-corrected chi connectivity index (χ3v) is 0.702. The summed E-state index contributed by atoms with van der Waals surface area (Å²) in [7, 11) is 0. The van der Waals surface area contributed by atoms with E-state index in [0.717, 1.165) is 0 Å². The average Bonchev–Trinajstić information content (AvgIpc) is 1.87. The van der Waals surface area contributed by atoms with E-state index in [9.17, 15) is 9.59 Å². The molecule has 6 heteroatoms. The van der Waals surface area contributed by atoms with Crippen LogP contribution in [0.25, 0.3) is 0 Å². The van der Waals surface area contributed by atoms with Crippen LogP contribution in [0.2, 0.25) is 0 Å². The first-order valence-electron chi connectivity index (χ1n) is 3.61. The van der Waals surface area contributed by atoms with Crippen LogP contribution in [0.1, 0.15) is 13.8 Å². The minimum Gasteiger partial charge on any atom is -0.352 e. The molecule has 0 fully saturated rings. The van der Waals surface area contributed by atoms with Crippen LogP contribution in [-0.4, -0.2) is 25.2 Å². The SMILES string of the molecule is CCNC(N)=O.CCNC(N)=O. The van der Waals surface area contributed by atoms with Crippen LogP contribution >= 0.6 is 0 Å². The minimum atomic E-state index is -0.461. The van der Waals surface area contributed by atoms with Crippen LogP contribution < -0.4 is 22.1 Å². The van der Waals surface area contributed by atoms with E-state index in [-0.39, 0.29) is 0 Å². The quantitative estimate of drug-likeness (QED) is 0.448. The van der Waals surface area contributed by atoms with E-state index in [4.69, 9.17) is 0 Å². The van der Waals surface area contributed by atoms with Crippen LogP contribution in [0.3, 0.4) is 0 Å². The van der Waals surface area contributed by atoms with Crippen molar-refractivity contribution in [1.29, 1.82) is 0 Å². The molecule has 0 aliphatic carbocycles. The van der Waals surface area contributed by atoms with Crippen molar-refractivity contribution in [3.8, 4) is 0 Å². The summed E-state index contributed by atoms with van der Waals surface area (Å²) in [4.78, 5) is 19.4. The molecule has 0 saturated heterocycles. The number of hydrogen-bond acceptors (Lipinski definition) is 2. The van der Waals surface area contributed by atoms with E-state index < -0.39 is 12.1 Å². The van der Waals surface area contributed by atoms with Crippen molar-refractivity contribution in [3.05, 3.63) is 0 Å². The Bertz CT molecular complexity index is 122. The molecular formula is C6H16N4O2. The second kappa shape index (κ2) is 9.54. The molecule has 0 aromatic rings. The molecule has 6 nitrogen and oxygen atoms in total. The number of carbonyl (C=O) groups is 2. The fourth-order valence-corrected chi connectivity index (χ4v) is 0.348. The van der Waals surface area contributed by atoms with Gasteiger partial charge in [-0.1, -0.05) is 0 Å². The number of primary amides is 2. The number of hydrogen-bond donors (Lipinski definition) is 4. The Balaban J connectivity index is 0. The zero-order valence-electron chi connectivity index (χ0n) is 7.39. The summed E-state index contributed by atoms with van der Waals surface area (Å²) in [5.41, 5.74) is 9.31. The summed E-state index contributed by atoms with van der Waals surface area (Å²) in [6.07, 6.45) is 0. The van der Waals surface area contributed by atoms with Crippen molar-refractivity contribution in [1.82, 2.24) is 10.6 Å². The summed E-state index contributed by atoms with van der Waals surface area (Å²) in [5, 5.41) is 4.69. The van der Waals surface area contributed by atoms with Gasteiger partial charge in [0.2, 0.25) is 0 Å². The fourth-order valence-electron chi connectivity index (χ4n) is 0.348. The lowest BCUT2D eigenvalue weighted by Crippen LogP contribution is -2.28. The maximum absolute atomic E-state index is 9.71. The summed E-state index contributed by atoms with van der Waals surface area (Å²) >= 11 is 0. The lowest BCUT2D eigenvalue weighted by molar-refractivity contribution is 0.248. The number of urea groups is 2. The van der Waals surface area contributed by atoms with Gasteiger partial charge < -0.3 is 22.1 Å². The third-order valence-electron chi connectivity index (χ3n) is 0.702. The summed E-state index contributed by atoms with van der Waals surface area (Å²) < 4.78 is 0. The number of carbonyl (C=O) groups excluding carboxylic acids is 2. The van der Waals surface area contributed by atoms with Crippen LogP contribution in [0, 0.1) is 0 Å². The van der Waals surface area contributed by atoms with Gasteiger partial charge in [-0.3, -0.25) is 0 Å². The predicted molar refractivity (Wildman–Crippen MR) is 46.5 cm³/mol. The number of rotatable bonds is 2. The van der Waals surface area contributed by atoms with Gasteiger partial charge in [0, 0.05) is 13.1 Å². The molecule has 0 rings (SSSR count). The monoisotopic (exact) mass is 176 g/mol. The second-order valence-electron chi connectivity index (χ2n) is 1.79. The van der Waals surface area contributed by atoms with Crippen molar-refractivity contribution in [2.75, 3.05) is 13.1 Å². The predicted octanol–water partition coefficient (Wildman–Crippen LogP) is -0.651. The zero-order valence-corrected chi connectivity index (χ0v) is 7.39. The van der Waals surface area contributed by atoms with Gasteiger partial charge in [0.15, 0.2) is 0 Å². The zero-order chi connectivity index (χ0) is 9.98. The molecule has 12 heavy (non-hydrogen) atoms. The summed E-state index contributed by atoms with van der Waals surface area (Å²) in [6.45, 7) is 4.83. The van der Waals surface area contributed by atoms with Gasteiger partial charge >= 0.3 is 12.1 Å². The highest BCUT2D eigenvalue weighted by Gasteiger charge is 1.80. The van der Waals surface area contributed by atoms with E-state index in [1.165, 1.54) is 0 Å². The van der Waals surface area contributed by atoms with Crippen LogP contribution in [-0.2, 0) is 0 Å². The number of nitrogens with one attached hydrogen (secondary N) is 2. The molecule has 0 aliphatic rings.